The fourth-order valence-electron chi connectivity index (χ4n) is 3.70. The van der Waals surface area contributed by atoms with Crippen LogP contribution in [-0.4, -0.2) is 18.0 Å². The van der Waals surface area contributed by atoms with Gasteiger partial charge in [0.25, 0.3) is 0 Å². The Morgan fingerprint density at radius 1 is 1.14 bits per heavy atom. The predicted octanol–water partition coefficient (Wildman–Crippen LogP) is 3.50. The topological polar surface area (TPSA) is 97.1 Å². The molecule has 0 saturated carbocycles. The number of H-pyrrole nitrogens is 1. The second-order valence-corrected chi connectivity index (χ2v) is 9.05. The monoisotopic (exact) mass is 413 g/mol. The van der Waals surface area contributed by atoms with Crippen LogP contribution in [-0.2, 0) is 23.1 Å². The van der Waals surface area contributed by atoms with E-state index in [9.17, 15) is 13.2 Å². The van der Waals surface area contributed by atoms with E-state index in [1.165, 1.54) is 16.7 Å². The number of hydrogen-bond acceptors (Lipinski definition) is 4. The van der Waals surface area contributed by atoms with Crippen molar-refractivity contribution in [2.75, 3.05) is 0 Å². The summed E-state index contributed by atoms with van der Waals surface area (Å²) in [6.07, 6.45) is 0. The molecule has 0 bridgehead atoms. The highest BCUT2D eigenvalue weighted by molar-refractivity contribution is 7.89. The standard InChI is InChI=1S/C21H23N3O4S/c1-5-24-18-7-6-16(10-19(18)28-21(24)25)29(26,27)22-11-15-8-12(2)9-17-13(3)14(4)23-20(15)17/h6-10,22-23H,5,11H2,1-4H3. The maximum absolute atomic E-state index is 12.9. The average molecular weight is 413 g/mol. The Hall–Kier alpha value is -2.84. The van der Waals surface area contributed by atoms with E-state index in [2.05, 4.69) is 15.8 Å². The molecule has 0 aliphatic rings. The molecule has 4 rings (SSSR count). The summed E-state index contributed by atoms with van der Waals surface area (Å²) in [6.45, 7) is 8.48. The van der Waals surface area contributed by atoms with E-state index in [1.54, 1.807) is 6.07 Å². The second kappa shape index (κ2) is 6.89. The molecule has 2 heterocycles. The minimum absolute atomic E-state index is 0.0600. The Morgan fingerprint density at radius 2 is 1.90 bits per heavy atom. The molecule has 152 valence electrons. The second-order valence-electron chi connectivity index (χ2n) is 7.29. The highest BCUT2D eigenvalue weighted by Gasteiger charge is 2.18. The van der Waals surface area contributed by atoms with Crippen molar-refractivity contribution in [3.8, 4) is 0 Å². The van der Waals surface area contributed by atoms with Crippen LogP contribution in [0.1, 0.15) is 29.3 Å². The Morgan fingerprint density at radius 3 is 2.62 bits per heavy atom. The lowest BCUT2D eigenvalue weighted by atomic mass is 10.1. The first-order valence-corrected chi connectivity index (χ1v) is 10.9. The molecule has 0 fully saturated rings. The minimum atomic E-state index is -3.78. The van der Waals surface area contributed by atoms with Gasteiger partial charge in [-0.05, 0) is 57.0 Å². The lowest BCUT2D eigenvalue weighted by molar-refractivity contribution is 0.512. The van der Waals surface area contributed by atoms with Gasteiger partial charge in [-0.3, -0.25) is 4.57 Å². The van der Waals surface area contributed by atoms with Crippen LogP contribution in [0.2, 0.25) is 0 Å². The SMILES string of the molecule is CCn1c(=O)oc2cc(S(=O)(=O)NCc3cc(C)cc4c(C)c(C)[nH]c34)ccc21. The van der Waals surface area contributed by atoms with Gasteiger partial charge >= 0.3 is 5.76 Å². The lowest BCUT2D eigenvalue weighted by Crippen LogP contribution is -2.23. The van der Waals surface area contributed by atoms with E-state index in [4.69, 9.17) is 4.42 Å². The maximum atomic E-state index is 12.9. The summed E-state index contributed by atoms with van der Waals surface area (Å²) < 4.78 is 35.0. The van der Waals surface area contributed by atoms with Crippen molar-refractivity contribution >= 4 is 32.0 Å². The van der Waals surface area contributed by atoms with Crippen LogP contribution in [0.25, 0.3) is 22.0 Å². The summed E-state index contributed by atoms with van der Waals surface area (Å²) in [5.41, 5.74) is 5.95. The summed E-state index contributed by atoms with van der Waals surface area (Å²) in [5.74, 6) is -0.496. The van der Waals surface area contributed by atoms with Gasteiger partial charge in [-0.25, -0.2) is 17.9 Å². The zero-order valence-corrected chi connectivity index (χ0v) is 17.6. The van der Waals surface area contributed by atoms with Crippen molar-refractivity contribution in [3.63, 3.8) is 0 Å². The van der Waals surface area contributed by atoms with Crippen LogP contribution < -0.4 is 10.5 Å². The largest absolute Gasteiger partial charge is 0.419 e. The van der Waals surface area contributed by atoms with Crippen LogP contribution in [0.15, 0.2) is 44.4 Å². The molecule has 0 spiro atoms. The summed E-state index contributed by atoms with van der Waals surface area (Å²) in [6, 6.07) is 8.55. The molecule has 8 heteroatoms. The van der Waals surface area contributed by atoms with Gasteiger partial charge in [0.1, 0.15) is 0 Å². The number of rotatable bonds is 5. The third-order valence-electron chi connectivity index (χ3n) is 5.36. The van der Waals surface area contributed by atoms with Gasteiger partial charge in [-0.15, -0.1) is 0 Å². The molecule has 7 nitrogen and oxygen atoms in total. The van der Waals surface area contributed by atoms with E-state index in [1.807, 2.05) is 33.8 Å². The van der Waals surface area contributed by atoms with Gasteiger partial charge in [-0.2, -0.15) is 0 Å². The molecule has 2 aromatic heterocycles. The normalized spacial score (nSPS) is 12.3. The predicted molar refractivity (Wildman–Crippen MR) is 113 cm³/mol. The lowest BCUT2D eigenvalue weighted by Gasteiger charge is -2.09. The number of oxazole rings is 1. The Kier molecular flexibility index (Phi) is 4.63. The molecule has 4 aromatic rings. The van der Waals surface area contributed by atoms with Gasteiger partial charge in [0.05, 0.1) is 15.9 Å². The van der Waals surface area contributed by atoms with E-state index < -0.39 is 15.8 Å². The summed E-state index contributed by atoms with van der Waals surface area (Å²) in [4.78, 5) is 15.3. The van der Waals surface area contributed by atoms with Crippen molar-refractivity contribution in [1.29, 1.82) is 0 Å². The van der Waals surface area contributed by atoms with Crippen LogP contribution in [0.3, 0.4) is 0 Å². The zero-order chi connectivity index (χ0) is 20.9. The summed E-state index contributed by atoms with van der Waals surface area (Å²) in [7, 11) is -3.78. The summed E-state index contributed by atoms with van der Waals surface area (Å²) >= 11 is 0. The molecular formula is C21H23N3O4S. The number of sulfonamides is 1. The average Bonchev–Trinajstić information content (AvgIpc) is 3.15. The van der Waals surface area contributed by atoms with Crippen molar-refractivity contribution in [3.05, 3.63) is 63.3 Å². The van der Waals surface area contributed by atoms with Crippen molar-refractivity contribution in [1.82, 2.24) is 14.3 Å². The number of nitrogens with zero attached hydrogens (tertiary/aromatic N) is 1. The van der Waals surface area contributed by atoms with Gasteiger partial charge < -0.3 is 9.40 Å². The highest BCUT2D eigenvalue weighted by Crippen LogP contribution is 2.26. The molecule has 29 heavy (non-hydrogen) atoms. The third-order valence-corrected chi connectivity index (χ3v) is 6.76. The number of aromatic nitrogens is 2. The Labute approximate surface area is 168 Å². The molecule has 2 aromatic carbocycles. The Balaban J connectivity index is 1.68. The molecule has 0 amide bonds. The first-order valence-electron chi connectivity index (χ1n) is 9.42. The number of benzene rings is 2. The minimum Gasteiger partial charge on any atom is -0.408 e. The molecule has 0 unspecified atom stereocenters. The first kappa shape index (κ1) is 19.5. The van der Waals surface area contributed by atoms with Gasteiger partial charge in [0.15, 0.2) is 5.58 Å². The van der Waals surface area contributed by atoms with E-state index in [0.29, 0.717) is 12.1 Å². The number of aryl methyl sites for hydroxylation is 4. The van der Waals surface area contributed by atoms with Crippen molar-refractivity contribution in [2.24, 2.45) is 0 Å². The van der Waals surface area contributed by atoms with Gasteiger partial charge in [-0.1, -0.05) is 11.6 Å². The van der Waals surface area contributed by atoms with Gasteiger partial charge in [0.2, 0.25) is 10.0 Å². The van der Waals surface area contributed by atoms with Crippen LogP contribution in [0, 0.1) is 20.8 Å². The molecule has 0 atom stereocenters. The number of fused-ring (bicyclic) bond motifs is 2. The maximum Gasteiger partial charge on any atom is 0.419 e. The van der Waals surface area contributed by atoms with Gasteiger partial charge in [0, 0.05) is 30.2 Å². The summed E-state index contributed by atoms with van der Waals surface area (Å²) in [5, 5.41) is 1.10. The first-order chi connectivity index (χ1) is 13.7. The van der Waals surface area contributed by atoms with Crippen LogP contribution in [0.5, 0.6) is 0 Å². The van der Waals surface area contributed by atoms with Crippen LogP contribution >= 0.6 is 0 Å². The molecule has 0 radical (unpaired) electrons. The van der Waals surface area contributed by atoms with Crippen molar-refractivity contribution in [2.45, 2.75) is 45.7 Å². The van der Waals surface area contributed by atoms with Crippen LogP contribution in [0.4, 0.5) is 0 Å². The number of aromatic amines is 1. The molecule has 2 N–H and O–H groups in total. The smallest absolute Gasteiger partial charge is 0.408 e. The third kappa shape index (κ3) is 3.28. The van der Waals surface area contributed by atoms with E-state index in [0.717, 1.165) is 33.3 Å². The fraction of sp³-hybridized carbons (Fsp3) is 0.286. The van der Waals surface area contributed by atoms with E-state index in [-0.39, 0.29) is 17.0 Å². The van der Waals surface area contributed by atoms with E-state index >= 15 is 0 Å². The number of nitrogens with one attached hydrogen (secondary N) is 2. The van der Waals surface area contributed by atoms with Crippen molar-refractivity contribution < 1.29 is 12.8 Å². The molecule has 0 aliphatic heterocycles. The quantitative estimate of drug-likeness (QED) is 0.523. The highest BCUT2D eigenvalue weighted by atomic mass is 32.2. The fourth-order valence-corrected chi connectivity index (χ4v) is 4.72. The molecule has 0 aliphatic carbocycles. The Bertz CT molecular complexity index is 1410. The molecule has 0 saturated heterocycles. The number of hydrogen-bond donors (Lipinski definition) is 2. The molecular weight excluding hydrogens is 390 g/mol. The zero-order valence-electron chi connectivity index (χ0n) is 16.8.